The summed E-state index contributed by atoms with van der Waals surface area (Å²) in [6.07, 6.45) is -3.42. The standard InChI is InChI=1S/C31H28ClF4N3O4/c1-30(7-9-43-30)17-39-26-11-19(29(40)41)3-5-25(26)37-28(39)15-38-8-6-18-10-23(31(34,35)36)27(12-21(18)14-38)42-16-20-2-4-22(32)13-24(20)33/h2-5,10-13H,6-9,14-17H2,1H3,(H,40,41). The summed E-state index contributed by atoms with van der Waals surface area (Å²) in [5, 5.41) is 9.72. The highest BCUT2D eigenvalue weighted by Crippen LogP contribution is 2.40. The first-order chi connectivity index (χ1) is 20.4. The van der Waals surface area contributed by atoms with Crippen molar-refractivity contribution in [1.29, 1.82) is 0 Å². The molecule has 3 aromatic carbocycles. The number of halogens is 5. The number of hydrogen-bond acceptors (Lipinski definition) is 5. The van der Waals surface area contributed by atoms with Crippen molar-refractivity contribution in [3.63, 3.8) is 0 Å². The number of benzene rings is 3. The SMILES string of the molecule is CC1(Cn2c(CN3CCc4cc(C(F)(F)F)c(OCc5ccc(Cl)cc5F)cc4C3)nc3ccc(C(=O)O)cc32)CCO1. The first-order valence-electron chi connectivity index (χ1n) is 13.8. The number of alkyl halides is 3. The lowest BCUT2D eigenvalue weighted by Gasteiger charge is -2.39. The van der Waals surface area contributed by atoms with Gasteiger partial charge in [0.15, 0.2) is 0 Å². The summed E-state index contributed by atoms with van der Waals surface area (Å²) in [5.74, 6) is -1.36. The Morgan fingerprint density at radius 1 is 1.16 bits per heavy atom. The van der Waals surface area contributed by atoms with Gasteiger partial charge in [0.05, 0.1) is 47.5 Å². The first kappa shape index (κ1) is 29.4. The van der Waals surface area contributed by atoms with Gasteiger partial charge in [0.2, 0.25) is 0 Å². The highest BCUT2D eigenvalue weighted by molar-refractivity contribution is 6.30. The molecule has 4 aromatic rings. The molecule has 0 spiro atoms. The van der Waals surface area contributed by atoms with E-state index in [1.165, 1.54) is 24.3 Å². The van der Waals surface area contributed by atoms with Crippen LogP contribution >= 0.6 is 11.6 Å². The molecule has 7 nitrogen and oxygen atoms in total. The van der Waals surface area contributed by atoms with Crippen LogP contribution in [0.4, 0.5) is 17.6 Å². The largest absolute Gasteiger partial charge is 0.488 e. The predicted octanol–water partition coefficient (Wildman–Crippen LogP) is 6.86. The van der Waals surface area contributed by atoms with Gasteiger partial charge in [0, 0.05) is 30.1 Å². The zero-order valence-corrected chi connectivity index (χ0v) is 23.9. The smallest absolute Gasteiger partial charge is 0.419 e. The molecule has 0 aliphatic carbocycles. The second kappa shape index (κ2) is 11.1. The lowest BCUT2D eigenvalue weighted by molar-refractivity contribution is -0.142. The molecule has 1 aromatic heterocycles. The van der Waals surface area contributed by atoms with Crippen molar-refractivity contribution in [2.45, 2.75) is 57.8 Å². The monoisotopic (exact) mass is 617 g/mol. The quantitative estimate of drug-likeness (QED) is 0.218. The summed E-state index contributed by atoms with van der Waals surface area (Å²) in [5.41, 5.74) is 1.52. The molecule has 2 aliphatic rings. The Morgan fingerprint density at radius 2 is 1.95 bits per heavy atom. The van der Waals surface area contributed by atoms with E-state index < -0.39 is 35.7 Å². The molecule has 43 heavy (non-hydrogen) atoms. The second-order valence-corrected chi connectivity index (χ2v) is 11.7. The number of rotatable bonds is 8. The zero-order chi connectivity index (χ0) is 30.5. The number of nitrogens with zero attached hydrogens (tertiary/aromatic N) is 3. The number of carboxylic acids is 1. The minimum absolute atomic E-state index is 0.0889. The third-order valence-corrected chi connectivity index (χ3v) is 8.35. The highest BCUT2D eigenvalue weighted by atomic mass is 35.5. The summed E-state index contributed by atoms with van der Waals surface area (Å²) in [7, 11) is 0. The number of aromatic nitrogens is 2. The van der Waals surface area contributed by atoms with E-state index in [-0.39, 0.29) is 21.9 Å². The minimum atomic E-state index is -4.65. The molecule has 1 saturated heterocycles. The van der Waals surface area contributed by atoms with Gasteiger partial charge in [-0.1, -0.05) is 17.7 Å². The number of hydrogen-bond donors (Lipinski definition) is 1. The molecule has 3 heterocycles. The van der Waals surface area contributed by atoms with Crippen molar-refractivity contribution in [2.24, 2.45) is 0 Å². The van der Waals surface area contributed by atoms with Crippen molar-refractivity contribution in [3.8, 4) is 5.75 Å². The predicted molar refractivity (Wildman–Crippen MR) is 151 cm³/mol. The average molecular weight is 618 g/mol. The summed E-state index contributed by atoms with van der Waals surface area (Å²) in [4.78, 5) is 18.5. The molecule has 0 bridgehead atoms. The third kappa shape index (κ3) is 6.07. The van der Waals surface area contributed by atoms with Crippen molar-refractivity contribution in [3.05, 3.63) is 93.0 Å². The maximum absolute atomic E-state index is 14.3. The fourth-order valence-electron chi connectivity index (χ4n) is 5.63. The lowest BCUT2D eigenvalue weighted by atomic mass is 9.96. The molecule has 1 atom stereocenters. The third-order valence-electron chi connectivity index (χ3n) is 8.11. The van der Waals surface area contributed by atoms with Crippen LogP contribution in [-0.4, -0.2) is 44.3 Å². The summed E-state index contributed by atoms with van der Waals surface area (Å²) in [6, 6.07) is 11.2. The van der Waals surface area contributed by atoms with E-state index in [0.717, 1.165) is 18.6 Å². The Kier molecular flexibility index (Phi) is 7.60. The summed E-state index contributed by atoms with van der Waals surface area (Å²) >= 11 is 5.79. The maximum Gasteiger partial charge on any atom is 0.419 e. The van der Waals surface area contributed by atoms with Gasteiger partial charge in [-0.25, -0.2) is 14.2 Å². The van der Waals surface area contributed by atoms with Crippen molar-refractivity contribution in [1.82, 2.24) is 14.5 Å². The Bertz CT molecular complexity index is 1720. The van der Waals surface area contributed by atoms with E-state index in [1.807, 2.05) is 11.5 Å². The number of aromatic carboxylic acids is 1. The van der Waals surface area contributed by atoms with Gasteiger partial charge in [0.25, 0.3) is 0 Å². The van der Waals surface area contributed by atoms with Crippen LogP contribution in [0.25, 0.3) is 11.0 Å². The van der Waals surface area contributed by atoms with E-state index in [9.17, 15) is 27.5 Å². The van der Waals surface area contributed by atoms with E-state index in [0.29, 0.717) is 67.2 Å². The summed E-state index contributed by atoms with van der Waals surface area (Å²) in [6.45, 7) is 3.98. The molecule has 226 valence electrons. The van der Waals surface area contributed by atoms with Crippen LogP contribution < -0.4 is 4.74 Å². The second-order valence-electron chi connectivity index (χ2n) is 11.3. The van der Waals surface area contributed by atoms with Gasteiger partial charge in [-0.3, -0.25) is 4.90 Å². The van der Waals surface area contributed by atoms with Crippen molar-refractivity contribution < 1.29 is 36.9 Å². The number of fused-ring (bicyclic) bond motifs is 2. The average Bonchev–Trinajstić information content (AvgIpc) is 3.26. The van der Waals surface area contributed by atoms with Crippen LogP contribution in [0.1, 0.15) is 51.8 Å². The van der Waals surface area contributed by atoms with Crippen LogP contribution in [0.15, 0.2) is 48.5 Å². The van der Waals surface area contributed by atoms with E-state index >= 15 is 0 Å². The Hall–Kier alpha value is -3.67. The van der Waals surface area contributed by atoms with Crippen LogP contribution in [-0.2, 0) is 43.6 Å². The number of carboxylic acid groups (broad SMARTS) is 1. The van der Waals surface area contributed by atoms with Crippen LogP contribution in [0.5, 0.6) is 5.75 Å². The van der Waals surface area contributed by atoms with E-state index in [2.05, 4.69) is 4.90 Å². The first-order valence-corrected chi connectivity index (χ1v) is 14.1. The molecule has 6 rings (SSSR count). The fourth-order valence-corrected chi connectivity index (χ4v) is 5.79. The Morgan fingerprint density at radius 3 is 2.63 bits per heavy atom. The minimum Gasteiger partial charge on any atom is -0.488 e. The Balaban J connectivity index is 1.28. The molecule has 1 fully saturated rings. The molecule has 12 heteroatoms. The number of carbonyl (C=O) groups is 1. The van der Waals surface area contributed by atoms with Gasteiger partial charge in [-0.15, -0.1) is 0 Å². The molecular weight excluding hydrogens is 590 g/mol. The van der Waals surface area contributed by atoms with Crippen molar-refractivity contribution in [2.75, 3.05) is 13.2 Å². The Labute approximate surface area is 249 Å². The molecule has 2 aliphatic heterocycles. The van der Waals surface area contributed by atoms with Gasteiger partial charge in [0.1, 0.15) is 24.0 Å². The fraction of sp³-hybridized carbons (Fsp3) is 0.355. The highest BCUT2D eigenvalue weighted by Gasteiger charge is 2.37. The maximum atomic E-state index is 14.3. The van der Waals surface area contributed by atoms with Crippen LogP contribution in [0.3, 0.4) is 0 Å². The number of ether oxygens (including phenoxy) is 2. The van der Waals surface area contributed by atoms with Crippen LogP contribution in [0.2, 0.25) is 5.02 Å². The molecule has 0 saturated carbocycles. The summed E-state index contributed by atoms with van der Waals surface area (Å²) < 4.78 is 69.6. The van der Waals surface area contributed by atoms with E-state index in [1.54, 1.807) is 12.1 Å². The molecule has 1 unspecified atom stereocenters. The van der Waals surface area contributed by atoms with Gasteiger partial charge in [-0.05, 0) is 66.9 Å². The zero-order valence-electron chi connectivity index (χ0n) is 23.2. The normalized spacial score (nSPS) is 18.8. The lowest BCUT2D eigenvalue weighted by Crippen LogP contribution is -2.44. The van der Waals surface area contributed by atoms with Crippen LogP contribution in [0, 0.1) is 5.82 Å². The molecule has 0 radical (unpaired) electrons. The van der Waals surface area contributed by atoms with Gasteiger partial charge < -0.3 is 19.1 Å². The van der Waals surface area contributed by atoms with Gasteiger partial charge >= 0.3 is 12.1 Å². The van der Waals surface area contributed by atoms with E-state index in [4.69, 9.17) is 26.1 Å². The van der Waals surface area contributed by atoms with Crippen molar-refractivity contribution >= 4 is 28.6 Å². The topological polar surface area (TPSA) is 76.8 Å². The molecular formula is C31H28ClF4N3O4. The van der Waals surface area contributed by atoms with Gasteiger partial charge in [-0.2, -0.15) is 13.2 Å². The molecule has 1 N–H and O–H groups in total. The number of imidazole rings is 1. The molecule has 0 amide bonds.